The minimum atomic E-state index is -0.123. The highest BCUT2D eigenvalue weighted by molar-refractivity contribution is 5.85. The molecular weight excluding hydrogens is 412 g/mol. The van der Waals surface area contributed by atoms with Crippen molar-refractivity contribution in [3.8, 4) is 11.4 Å². The molecular formula is C24H25ClN4O2. The summed E-state index contributed by atoms with van der Waals surface area (Å²) in [6.07, 6.45) is 6.04. The van der Waals surface area contributed by atoms with Gasteiger partial charge in [0.05, 0.1) is 18.3 Å². The third kappa shape index (κ3) is 4.65. The molecule has 6 nitrogen and oxygen atoms in total. The molecule has 1 saturated heterocycles. The van der Waals surface area contributed by atoms with E-state index in [9.17, 15) is 4.79 Å². The Bertz CT molecular complexity index is 1210. The lowest BCUT2D eigenvalue weighted by atomic mass is 10.2. The smallest absolute Gasteiger partial charge is 0.258 e. The molecule has 31 heavy (non-hydrogen) atoms. The van der Waals surface area contributed by atoms with E-state index in [4.69, 9.17) is 4.74 Å². The van der Waals surface area contributed by atoms with Crippen LogP contribution in [0.5, 0.6) is 5.75 Å². The summed E-state index contributed by atoms with van der Waals surface area (Å²) < 4.78 is 9.44. The zero-order valence-electron chi connectivity index (χ0n) is 17.1. The van der Waals surface area contributed by atoms with Crippen LogP contribution >= 0.6 is 12.4 Å². The predicted molar refractivity (Wildman–Crippen MR) is 124 cm³/mol. The summed E-state index contributed by atoms with van der Waals surface area (Å²) in [5.41, 5.74) is 2.85. The van der Waals surface area contributed by atoms with Gasteiger partial charge in [0.1, 0.15) is 12.4 Å². The van der Waals surface area contributed by atoms with Crippen LogP contribution in [0, 0.1) is 0 Å². The molecule has 1 atom stereocenters. The first-order valence-corrected chi connectivity index (χ1v) is 10.3. The molecule has 3 heterocycles. The SMILES string of the molecule is Cl.O=c1cc(OCc2ccccc2)ccn1-c1ccc2c(cnn2C[C@@H]2CCCN2)c1. The standard InChI is InChI=1S/C24H24N4O2.ClH/c29-24-14-22(30-17-18-5-2-1-3-6-18)10-12-27(24)21-8-9-23-19(13-21)15-26-28(23)16-20-7-4-11-25-20;/h1-3,5-6,8-10,12-15,20,25H,4,7,11,16-17H2;1H/t20-;/m0./s1. The zero-order chi connectivity index (χ0) is 20.3. The monoisotopic (exact) mass is 436 g/mol. The molecule has 1 aliphatic heterocycles. The van der Waals surface area contributed by atoms with E-state index in [0.29, 0.717) is 18.4 Å². The largest absolute Gasteiger partial charge is 0.489 e. The van der Waals surface area contributed by atoms with E-state index in [1.165, 1.54) is 18.9 Å². The van der Waals surface area contributed by atoms with E-state index >= 15 is 0 Å². The quantitative estimate of drug-likeness (QED) is 0.497. The molecule has 2 aromatic carbocycles. The molecule has 1 aliphatic rings. The van der Waals surface area contributed by atoms with Crippen molar-refractivity contribution >= 4 is 23.3 Å². The second kappa shape index (κ2) is 9.37. The van der Waals surface area contributed by atoms with Crippen LogP contribution in [0.3, 0.4) is 0 Å². The summed E-state index contributed by atoms with van der Waals surface area (Å²) in [6.45, 7) is 2.39. The summed E-state index contributed by atoms with van der Waals surface area (Å²) >= 11 is 0. The van der Waals surface area contributed by atoms with Crippen molar-refractivity contribution in [2.75, 3.05) is 6.54 Å². The maximum atomic E-state index is 12.7. The molecule has 0 amide bonds. The van der Waals surface area contributed by atoms with Gasteiger partial charge in [0.2, 0.25) is 0 Å². The van der Waals surface area contributed by atoms with Crippen LogP contribution in [0.2, 0.25) is 0 Å². The van der Waals surface area contributed by atoms with Crippen molar-refractivity contribution < 1.29 is 4.74 Å². The first-order chi connectivity index (χ1) is 14.8. The van der Waals surface area contributed by atoms with Crippen molar-refractivity contribution in [2.24, 2.45) is 0 Å². The lowest BCUT2D eigenvalue weighted by molar-refractivity contribution is 0.305. The van der Waals surface area contributed by atoms with Gasteiger partial charge in [-0.25, -0.2) is 0 Å². The molecule has 2 aromatic heterocycles. The molecule has 1 N–H and O–H groups in total. The van der Waals surface area contributed by atoms with Gasteiger partial charge in [0.15, 0.2) is 0 Å². The van der Waals surface area contributed by atoms with Crippen LogP contribution in [0.4, 0.5) is 0 Å². The van der Waals surface area contributed by atoms with Crippen LogP contribution in [-0.4, -0.2) is 26.9 Å². The van der Waals surface area contributed by atoms with Gasteiger partial charge >= 0.3 is 0 Å². The molecule has 0 saturated carbocycles. The van der Waals surface area contributed by atoms with Crippen LogP contribution < -0.4 is 15.6 Å². The maximum absolute atomic E-state index is 12.7. The molecule has 160 valence electrons. The summed E-state index contributed by atoms with van der Waals surface area (Å²) in [7, 11) is 0. The second-order valence-corrected chi connectivity index (χ2v) is 7.71. The van der Waals surface area contributed by atoms with Gasteiger partial charge < -0.3 is 10.1 Å². The van der Waals surface area contributed by atoms with Gasteiger partial charge in [-0.1, -0.05) is 30.3 Å². The normalized spacial score (nSPS) is 15.7. The number of fused-ring (bicyclic) bond motifs is 1. The van der Waals surface area contributed by atoms with Gasteiger partial charge in [-0.3, -0.25) is 14.0 Å². The molecule has 0 bridgehead atoms. The average molecular weight is 437 g/mol. The lowest BCUT2D eigenvalue weighted by Crippen LogP contribution is -2.27. The maximum Gasteiger partial charge on any atom is 0.258 e. The minimum absolute atomic E-state index is 0. The Kier molecular flexibility index (Phi) is 6.39. The molecule has 5 rings (SSSR count). The molecule has 0 spiro atoms. The second-order valence-electron chi connectivity index (χ2n) is 7.71. The number of pyridine rings is 1. The average Bonchev–Trinajstić information content (AvgIpc) is 3.43. The van der Waals surface area contributed by atoms with E-state index in [1.807, 2.05) is 65.5 Å². The predicted octanol–water partition coefficient (Wildman–Crippen LogP) is 3.94. The fourth-order valence-corrected chi connectivity index (χ4v) is 4.00. The van der Waals surface area contributed by atoms with E-state index in [1.54, 1.807) is 10.8 Å². The fraction of sp³-hybridized carbons (Fsp3) is 0.250. The number of hydrogen-bond donors (Lipinski definition) is 1. The molecule has 0 aliphatic carbocycles. The topological polar surface area (TPSA) is 61.1 Å². The van der Waals surface area contributed by atoms with Crippen LogP contribution in [0.25, 0.3) is 16.6 Å². The van der Waals surface area contributed by atoms with Crippen molar-refractivity contribution in [3.05, 3.63) is 89.0 Å². The zero-order valence-corrected chi connectivity index (χ0v) is 17.9. The number of halogens is 1. The Hall–Kier alpha value is -3.09. The third-order valence-electron chi connectivity index (χ3n) is 5.60. The Morgan fingerprint density at radius 1 is 1.10 bits per heavy atom. The highest BCUT2D eigenvalue weighted by Gasteiger charge is 2.16. The van der Waals surface area contributed by atoms with Gasteiger partial charge in [-0.15, -0.1) is 12.4 Å². The fourth-order valence-electron chi connectivity index (χ4n) is 4.00. The Morgan fingerprint density at radius 3 is 2.74 bits per heavy atom. The Morgan fingerprint density at radius 2 is 1.97 bits per heavy atom. The van der Waals surface area contributed by atoms with E-state index < -0.39 is 0 Å². The molecule has 0 radical (unpaired) electrons. The Balaban J connectivity index is 0.00000231. The highest BCUT2D eigenvalue weighted by Crippen LogP contribution is 2.20. The van der Waals surface area contributed by atoms with Crippen molar-refractivity contribution in [2.45, 2.75) is 32.0 Å². The van der Waals surface area contributed by atoms with E-state index in [-0.39, 0.29) is 18.0 Å². The number of benzene rings is 2. The van der Waals surface area contributed by atoms with Gasteiger partial charge in [-0.05, 0) is 49.2 Å². The number of nitrogens with one attached hydrogen (secondary N) is 1. The van der Waals surface area contributed by atoms with Gasteiger partial charge in [0.25, 0.3) is 5.56 Å². The minimum Gasteiger partial charge on any atom is -0.489 e. The molecule has 1 fully saturated rings. The van der Waals surface area contributed by atoms with Crippen LogP contribution in [0.1, 0.15) is 18.4 Å². The number of rotatable bonds is 6. The number of ether oxygens (including phenoxy) is 1. The molecule has 0 unspecified atom stereocenters. The van der Waals surface area contributed by atoms with Crippen LogP contribution in [-0.2, 0) is 13.2 Å². The third-order valence-corrected chi connectivity index (χ3v) is 5.60. The van der Waals surface area contributed by atoms with Crippen molar-refractivity contribution in [3.63, 3.8) is 0 Å². The van der Waals surface area contributed by atoms with E-state index in [2.05, 4.69) is 10.4 Å². The van der Waals surface area contributed by atoms with Gasteiger partial charge in [-0.2, -0.15) is 5.10 Å². The molecule has 7 heteroatoms. The molecule has 4 aromatic rings. The summed E-state index contributed by atoms with van der Waals surface area (Å²) in [4.78, 5) is 12.7. The summed E-state index contributed by atoms with van der Waals surface area (Å²) in [6, 6.07) is 19.8. The van der Waals surface area contributed by atoms with Gasteiger partial charge in [0, 0.05) is 29.4 Å². The van der Waals surface area contributed by atoms with E-state index in [0.717, 1.165) is 35.2 Å². The number of hydrogen-bond acceptors (Lipinski definition) is 4. The summed E-state index contributed by atoms with van der Waals surface area (Å²) in [5, 5.41) is 9.09. The van der Waals surface area contributed by atoms with Crippen LogP contribution in [0.15, 0.2) is 77.9 Å². The first kappa shape index (κ1) is 21.2. The lowest BCUT2D eigenvalue weighted by Gasteiger charge is -2.12. The summed E-state index contributed by atoms with van der Waals surface area (Å²) in [5.74, 6) is 0.568. The number of nitrogens with zero attached hydrogens (tertiary/aromatic N) is 3. The number of aromatic nitrogens is 3. The van der Waals surface area contributed by atoms with Crippen molar-refractivity contribution in [1.82, 2.24) is 19.7 Å². The van der Waals surface area contributed by atoms with Crippen molar-refractivity contribution in [1.29, 1.82) is 0 Å². The first-order valence-electron chi connectivity index (χ1n) is 10.3. The Labute approximate surface area is 186 Å². The highest BCUT2D eigenvalue weighted by atomic mass is 35.5.